The average molecular weight is 353 g/mol. The summed E-state index contributed by atoms with van der Waals surface area (Å²) in [5.74, 6) is -1.23. The van der Waals surface area contributed by atoms with E-state index in [1.54, 1.807) is 24.3 Å². The fourth-order valence-corrected chi connectivity index (χ4v) is 3.59. The van der Waals surface area contributed by atoms with E-state index in [4.69, 9.17) is 16.3 Å². The van der Waals surface area contributed by atoms with E-state index in [2.05, 4.69) is 4.90 Å². The third-order valence-electron chi connectivity index (χ3n) is 4.85. The summed E-state index contributed by atoms with van der Waals surface area (Å²) in [4.78, 5) is 28.1. The number of rotatable bonds is 3. The smallest absolute Gasteiger partial charge is 0.328 e. The number of piperidine rings is 1. The first-order chi connectivity index (χ1) is 11.4. The number of carbonyl (C=O) groups excluding carboxylic acids is 1. The van der Waals surface area contributed by atoms with E-state index in [0.717, 1.165) is 18.7 Å². The van der Waals surface area contributed by atoms with E-state index in [9.17, 15) is 14.7 Å². The lowest BCUT2D eigenvalue weighted by atomic mass is 9.97. The molecule has 6 nitrogen and oxygen atoms in total. The fourth-order valence-electron chi connectivity index (χ4n) is 3.46. The predicted octanol–water partition coefficient (Wildman–Crippen LogP) is 1.62. The molecule has 2 heterocycles. The Morgan fingerprint density at radius 2 is 1.92 bits per heavy atom. The second kappa shape index (κ2) is 6.70. The first-order valence-electron chi connectivity index (χ1n) is 8.03. The molecule has 1 aromatic carbocycles. The summed E-state index contributed by atoms with van der Waals surface area (Å²) < 4.78 is 5.87. The lowest BCUT2D eigenvalue weighted by Gasteiger charge is -2.43. The highest BCUT2D eigenvalue weighted by molar-refractivity contribution is 6.30. The Labute approximate surface area is 145 Å². The average Bonchev–Trinajstić information content (AvgIpc) is 2.92. The molecule has 3 rings (SSSR count). The monoisotopic (exact) mass is 352 g/mol. The number of amides is 1. The summed E-state index contributed by atoms with van der Waals surface area (Å²) in [5.41, 5.74) is 0.0162. The first-order valence-corrected chi connectivity index (χ1v) is 8.41. The molecular weight excluding hydrogens is 332 g/mol. The minimum Gasteiger partial charge on any atom is -0.480 e. The molecule has 0 saturated carbocycles. The molecule has 7 heteroatoms. The Hall–Kier alpha value is -1.63. The van der Waals surface area contributed by atoms with Gasteiger partial charge in [-0.05, 0) is 24.7 Å². The van der Waals surface area contributed by atoms with Gasteiger partial charge in [-0.1, -0.05) is 23.7 Å². The number of hydrogen-bond acceptors (Lipinski definition) is 4. The van der Waals surface area contributed by atoms with Gasteiger partial charge in [0, 0.05) is 31.0 Å². The lowest BCUT2D eigenvalue weighted by Crippen LogP contribution is -2.58. The number of hydrogen-bond donors (Lipinski definition) is 1. The summed E-state index contributed by atoms with van der Waals surface area (Å²) >= 11 is 5.87. The van der Waals surface area contributed by atoms with Crippen molar-refractivity contribution < 1.29 is 19.4 Å². The highest BCUT2D eigenvalue weighted by Gasteiger charge is 2.53. The van der Waals surface area contributed by atoms with E-state index in [-0.39, 0.29) is 18.9 Å². The van der Waals surface area contributed by atoms with Crippen LogP contribution in [0.2, 0.25) is 5.02 Å². The Morgan fingerprint density at radius 3 is 2.50 bits per heavy atom. The van der Waals surface area contributed by atoms with Crippen molar-refractivity contribution in [2.75, 3.05) is 26.7 Å². The van der Waals surface area contributed by atoms with Crippen molar-refractivity contribution in [1.82, 2.24) is 9.80 Å². The molecule has 2 aliphatic heterocycles. The van der Waals surface area contributed by atoms with Crippen LogP contribution < -0.4 is 0 Å². The van der Waals surface area contributed by atoms with Crippen molar-refractivity contribution in [3.63, 3.8) is 0 Å². The Kier molecular flexibility index (Phi) is 4.80. The van der Waals surface area contributed by atoms with Crippen LogP contribution >= 0.6 is 11.6 Å². The molecule has 130 valence electrons. The molecule has 1 N–H and O–H groups in total. The van der Waals surface area contributed by atoms with Crippen LogP contribution in [0.25, 0.3) is 0 Å². The van der Waals surface area contributed by atoms with Crippen LogP contribution in [-0.2, 0) is 20.7 Å². The van der Waals surface area contributed by atoms with E-state index < -0.39 is 17.7 Å². The van der Waals surface area contributed by atoms with Crippen molar-refractivity contribution in [3.8, 4) is 0 Å². The molecule has 1 amide bonds. The second-order valence-electron chi connectivity index (χ2n) is 6.48. The molecule has 24 heavy (non-hydrogen) atoms. The standard InChI is InChI=1S/C17H21ClN2O4/c1-19-8-6-17(7-9-19)20(14(11-24-17)16(22)23)15(21)10-12-2-4-13(18)5-3-12/h2-5,14H,6-11H2,1H3,(H,22,23)/t14-/m1/s1. The van der Waals surface area contributed by atoms with Gasteiger partial charge in [0.1, 0.15) is 5.72 Å². The third kappa shape index (κ3) is 3.27. The quantitative estimate of drug-likeness (QED) is 0.895. The summed E-state index contributed by atoms with van der Waals surface area (Å²) in [6.45, 7) is 1.60. The van der Waals surface area contributed by atoms with Crippen LogP contribution in [0.15, 0.2) is 24.3 Å². The number of carboxylic acids is 1. The van der Waals surface area contributed by atoms with Crippen molar-refractivity contribution in [3.05, 3.63) is 34.9 Å². The zero-order chi connectivity index (χ0) is 17.3. The molecule has 0 radical (unpaired) electrons. The summed E-state index contributed by atoms with van der Waals surface area (Å²) in [6, 6.07) is 6.10. The second-order valence-corrected chi connectivity index (χ2v) is 6.92. The largest absolute Gasteiger partial charge is 0.480 e. The van der Waals surface area contributed by atoms with Crippen LogP contribution in [0.4, 0.5) is 0 Å². The number of carboxylic acid groups (broad SMARTS) is 1. The van der Waals surface area contributed by atoms with Gasteiger partial charge in [0.05, 0.1) is 13.0 Å². The van der Waals surface area contributed by atoms with Crippen LogP contribution in [0.1, 0.15) is 18.4 Å². The minimum absolute atomic E-state index is 0.0470. The van der Waals surface area contributed by atoms with Crippen molar-refractivity contribution in [2.45, 2.75) is 31.0 Å². The topological polar surface area (TPSA) is 70.1 Å². The van der Waals surface area contributed by atoms with Gasteiger partial charge >= 0.3 is 5.97 Å². The number of halogens is 1. The van der Waals surface area contributed by atoms with Gasteiger partial charge in [0.2, 0.25) is 5.91 Å². The van der Waals surface area contributed by atoms with Crippen molar-refractivity contribution in [1.29, 1.82) is 0 Å². The van der Waals surface area contributed by atoms with Crippen LogP contribution in [0, 0.1) is 0 Å². The Bertz CT molecular complexity index is 626. The Balaban J connectivity index is 1.83. The summed E-state index contributed by atoms with van der Waals surface area (Å²) in [7, 11) is 2.01. The van der Waals surface area contributed by atoms with Gasteiger partial charge < -0.3 is 14.7 Å². The van der Waals surface area contributed by atoms with Gasteiger partial charge in [-0.2, -0.15) is 0 Å². The molecule has 1 spiro atoms. The number of carbonyl (C=O) groups is 2. The zero-order valence-corrected chi connectivity index (χ0v) is 14.3. The number of benzene rings is 1. The highest BCUT2D eigenvalue weighted by atomic mass is 35.5. The molecule has 1 atom stereocenters. The fraction of sp³-hybridized carbons (Fsp3) is 0.529. The maximum atomic E-state index is 12.9. The maximum Gasteiger partial charge on any atom is 0.328 e. The summed E-state index contributed by atoms with van der Waals surface area (Å²) in [5, 5.41) is 10.1. The normalized spacial score (nSPS) is 23.6. The van der Waals surface area contributed by atoms with E-state index in [1.165, 1.54) is 4.90 Å². The molecule has 0 unspecified atom stereocenters. The van der Waals surface area contributed by atoms with E-state index >= 15 is 0 Å². The van der Waals surface area contributed by atoms with Crippen LogP contribution in [0.5, 0.6) is 0 Å². The van der Waals surface area contributed by atoms with Crippen LogP contribution in [0.3, 0.4) is 0 Å². The van der Waals surface area contributed by atoms with Gasteiger partial charge in [-0.25, -0.2) is 4.79 Å². The zero-order valence-electron chi connectivity index (χ0n) is 13.6. The molecule has 0 aromatic heterocycles. The summed E-state index contributed by atoms with van der Waals surface area (Å²) in [6.07, 6.45) is 1.39. The molecule has 2 saturated heterocycles. The SMILES string of the molecule is CN1CCC2(CC1)OC[C@H](C(=O)O)N2C(=O)Cc1ccc(Cl)cc1. The minimum atomic E-state index is -1.02. The van der Waals surface area contributed by atoms with Crippen molar-refractivity contribution >= 4 is 23.5 Å². The van der Waals surface area contributed by atoms with Crippen molar-refractivity contribution in [2.24, 2.45) is 0 Å². The van der Waals surface area contributed by atoms with Gasteiger partial charge in [-0.15, -0.1) is 0 Å². The number of nitrogens with zero attached hydrogens (tertiary/aromatic N) is 2. The van der Waals surface area contributed by atoms with Gasteiger partial charge in [0.15, 0.2) is 6.04 Å². The maximum absolute atomic E-state index is 12.9. The third-order valence-corrected chi connectivity index (χ3v) is 5.10. The predicted molar refractivity (Wildman–Crippen MR) is 88.8 cm³/mol. The van der Waals surface area contributed by atoms with Gasteiger partial charge in [0.25, 0.3) is 0 Å². The molecule has 2 fully saturated rings. The Morgan fingerprint density at radius 1 is 1.29 bits per heavy atom. The first kappa shape index (κ1) is 17.2. The molecular formula is C17H21ClN2O4. The van der Waals surface area contributed by atoms with E-state index in [0.29, 0.717) is 17.9 Å². The lowest BCUT2D eigenvalue weighted by molar-refractivity contribution is -0.164. The number of likely N-dealkylation sites (tertiary alicyclic amines) is 1. The highest BCUT2D eigenvalue weighted by Crippen LogP contribution is 2.37. The van der Waals surface area contributed by atoms with Crippen LogP contribution in [-0.4, -0.2) is 65.3 Å². The molecule has 1 aromatic rings. The molecule has 0 aliphatic carbocycles. The van der Waals surface area contributed by atoms with E-state index in [1.807, 2.05) is 7.05 Å². The number of ether oxygens (including phenoxy) is 1. The molecule has 2 aliphatic rings. The number of aliphatic carboxylic acids is 1. The molecule has 0 bridgehead atoms. The van der Waals surface area contributed by atoms with Gasteiger partial charge in [-0.3, -0.25) is 9.69 Å².